The van der Waals surface area contributed by atoms with Crippen molar-refractivity contribution in [3.63, 3.8) is 0 Å². The lowest BCUT2D eigenvalue weighted by molar-refractivity contribution is 1.12. The number of allylic oxidation sites excluding steroid dienone is 1. The molecular formula is C20H22. The van der Waals surface area contributed by atoms with E-state index in [-0.39, 0.29) is 0 Å². The summed E-state index contributed by atoms with van der Waals surface area (Å²) in [6, 6.07) is 17.0. The molecule has 0 aliphatic heterocycles. The molecule has 0 saturated carbocycles. The predicted molar refractivity (Wildman–Crippen MR) is 90.5 cm³/mol. The van der Waals surface area contributed by atoms with Gasteiger partial charge in [0.25, 0.3) is 0 Å². The van der Waals surface area contributed by atoms with Crippen LogP contribution in [0.2, 0.25) is 0 Å². The van der Waals surface area contributed by atoms with Crippen LogP contribution in [0.25, 0.3) is 17.7 Å². The Balaban J connectivity index is 2.53. The smallest absolute Gasteiger partial charge is 0.0149 e. The van der Waals surface area contributed by atoms with Crippen LogP contribution in [0.15, 0.2) is 55.1 Å². The highest BCUT2D eigenvalue weighted by Crippen LogP contribution is 2.28. The van der Waals surface area contributed by atoms with E-state index in [0.717, 1.165) is 12.8 Å². The molecule has 0 heterocycles. The summed E-state index contributed by atoms with van der Waals surface area (Å²) in [4.78, 5) is 0. The van der Waals surface area contributed by atoms with Gasteiger partial charge in [-0.25, -0.2) is 0 Å². The van der Waals surface area contributed by atoms with E-state index < -0.39 is 0 Å². The van der Waals surface area contributed by atoms with E-state index >= 15 is 0 Å². The van der Waals surface area contributed by atoms with Gasteiger partial charge in [-0.05, 0) is 40.7 Å². The summed E-state index contributed by atoms with van der Waals surface area (Å²) < 4.78 is 0. The third kappa shape index (κ3) is 3.08. The molecule has 0 aliphatic rings. The molecule has 0 atom stereocenters. The molecule has 0 fully saturated rings. The van der Waals surface area contributed by atoms with E-state index in [9.17, 15) is 0 Å². The average molecular weight is 262 g/mol. The summed E-state index contributed by atoms with van der Waals surface area (Å²) in [5.74, 6) is 0. The SMILES string of the molecule is C=Cc1c(CC)cccc1C(=Cc1ccccc1)CC. The van der Waals surface area contributed by atoms with Gasteiger partial charge in [0.2, 0.25) is 0 Å². The van der Waals surface area contributed by atoms with Crippen LogP contribution in [0, 0.1) is 0 Å². The normalized spacial score (nSPS) is 11.4. The summed E-state index contributed by atoms with van der Waals surface area (Å²) in [5, 5.41) is 0. The van der Waals surface area contributed by atoms with E-state index in [0.29, 0.717) is 0 Å². The molecule has 0 saturated heterocycles. The predicted octanol–water partition coefficient (Wildman–Crippen LogP) is 5.84. The Morgan fingerprint density at radius 2 is 1.75 bits per heavy atom. The van der Waals surface area contributed by atoms with E-state index in [4.69, 9.17) is 0 Å². The molecule has 0 aliphatic carbocycles. The highest BCUT2D eigenvalue weighted by Gasteiger charge is 2.07. The van der Waals surface area contributed by atoms with E-state index in [2.05, 4.69) is 75.0 Å². The van der Waals surface area contributed by atoms with Gasteiger partial charge in [-0.2, -0.15) is 0 Å². The number of rotatable bonds is 5. The molecule has 0 N–H and O–H groups in total. The number of hydrogen-bond acceptors (Lipinski definition) is 0. The molecular weight excluding hydrogens is 240 g/mol. The monoisotopic (exact) mass is 262 g/mol. The van der Waals surface area contributed by atoms with Gasteiger partial charge in [-0.3, -0.25) is 0 Å². The van der Waals surface area contributed by atoms with E-state index in [1.807, 2.05) is 6.08 Å². The molecule has 0 spiro atoms. The molecule has 0 unspecified atom stereocenters. The van der Waals surface area contributed by atoms with E-state index in [1.54, 1.807) is 0 Å². The standard InChI is InChI=1S/C20H22/c1-4-17-13-10-14-20(19(17)6-3)18(5-2)15-16-11-8-7-9-12-16/h6-15H,3-5H2,1-2H3. The van der Waals surface area contributed by atoms with Gasteiger partial charge >= 0.3 is 0 Å². The maximum atomic E-state index is 4.00. The quantitative estimate of drug-likeness (QED) is 0.593. The third-order valence-electron chi connectivity index (χ3n) is 3.65. The molecule has 0 bridgehead atoms. The first-order chi connectivity index (χ1) is 9.80. The second-order valence-electron chi connectivity index (χ2n) is 4.87. The van der Waals surface area contributed by atoms with Crippen molar-refractivity contribution in [3.05, 3.63) is 77.4 Å². The van der Waals surface area contributed by atoms with Crippen LogP contribution in [0.3, 0.4) is 0 Å². The Morgan fingerprint density at radius 3 is 2.35 bits per heavy atom. The molecule has 0 aromatic heterocycles. The number of benzene rings is 2. The van der Waals surface area contributed by atoms with Crippen LogP contribution in [-0.2, 0) is 6.42 Å². The minimum atomic E-state index is 1.02. The largest absolute Gasteiger partial charge is 0.0984 e. The average Bonchev–Trinajstić information content (AvgIpc) is 2.52. The molecule has 0 heteroatoms. The number of hydrogen-bond donors (Lipinski definition) is 0. The molecule has 102 valence electrons. The third-order valence-corrected chi connectivity index (χ3v) is 3.65. The van der Waals surface area contributed by atoms with Crippen molar-refractivity contribution >= 4 is 17.7 Å². The lowest BCUT2D eigenvalue weighted by atomic mass is 9.92. The zero-order chi connectivity index (χ0) is 14.4. The van der Waals surface area contributed by atoms with Gasteiger partial charge < -0.3 is 0 Å². The molecule has 2 aromatic rings. The summed E-state index contributed by atoms with van der Waals surface area (Å²) in [6.07, 6.45) is 6.32. The lowest BCUT2D eigenvalue weighted by Crippen LogP contribution is -1.94. The fourth-order valence-electron chi connectivity index (χ4n) is 2.56. The van der Waals surface area contributed by atoms with Crippen LogP contribution >= 0.6 is 0 Å². The molecule has 0 radical (unpaired) electrons. The van der Waals surface area contributed by atoms with Crippen LogP contribution < -0.4 is 0 Å². The lowest BCUT2D eigenvalue weighted by Gasteiger charge is -2.13. The van der Waals surface area contributed by atoms with Crippen molar-refractivity contribution in [2.75, 3.05) is 0 Å². The maximum absolute atomic E-state index is 4.00. The highest BCUT2D eigenvalue weighted by molar-refractivity contribution is 5.85. The zero-order valence-electron chi connectivity index (χ0n) is 12.4. The molecule has 0 nitrogen and oxygen atoms in total. The first-order valence-electron chi connectivity index (χ1n) is 7.30. The summed E-state index contributed by atoms with van der Waals surface area (Å²) in [5.41, 5.74) is 6.57. The van der Waals surface area contributed by atoms with Crippen molar-refractivity contribution in [1.29, 1.82) is 0 Å². The topological polar surface area (TPSA) is 0 Å². The van der Waals surface area contributed by atoms with E-state index in [1.165, 1.54) is 27.8 Å². The Kier molecular flexibility index (Phi) is 4.95. The number of aryl methyl sites for hydroxylation is 1. The van der Waals surface area contributed by atoms with Crippen LogP contribution in [0.5, 0.6) is 0 Å². The first-order valence-corrected chi connectivity index (χ1v) is 7.30. The Labute approximate surface area is 122 Å². The summed E-state index contributed by atoms with van der Waals surface area (Å²) in [7, 11) is 0. The van der Waals surface area contributed by atoms with Gasteiger partial charge in [0.15, 0.2) is 0 Å². The molecule has 2 rings (SSSR count). The molecule has 2 aromatic carbocycles. The second kappa shape index (κ2) is 6.91. The van der Waals surface area contributed by atoms with Crippen LogP contribution in [-0.4, -0.2) is 0 Å². The van der Waals surface area contributed by atoms with Gasteiger partial charge in [0.05, 0.1) is 0 Å². The van der Waals surface area contributed by atoms with Crippen molar-refractivity contribution in [3.8, 4) is 0 Å². The Morgan fingerprint density at radius 1 is 1.00 bits per heavy atom. The van der Waals surface area contributed by atoms with Crippen molar-refractivity contribution < 1.29 is 0 Å². The van der Waals surface area contributed by atoms with Gasteiger partial charge in [0.1, 0.15) is 0 Å². The molecule has 0 amide bonds. The second-order valence-corrected chi connectivity index (χ2v) is 4.87. The van der Waals surface area contributed by atoms with Gasteiger partial charge in [-0.15, -0.1) is 0 Å². The van der Waals surface area contributed by atoms with Crippen LogP contribution in [0.4, 0.5) is 0 Å². The maximum Gasteiger partial charge on any atom is -0.0149 e. The fraction of sp³-hybridized carbons (Fsp3) is 0.200. The Bertz CT molecular complexity index is 603. The first kappa shape index (κ1) is 14.3. The van der Waals surface area contributed by atoms with Gasteiger partial charge in [0, 0.05) is 0 Å². The highest BCUT2D eigenvalue weighted by atomic mass is 14.1. The molecule has 20 heavy (non-hydrogen) atoms. The van der Waals surface area contributed by atoms with Crippen molar-refractivity contribution in [1.82, 2.24) is 0 Å². The fourth-order valence-corrected chi connectivity index (χ4v) is 2.56. The zero-order valence-corrected chi connectivity index (χ0v) is 12.4. The Hall–Kier alpha value is -2.08. The van der Waals surface area contributed by atoms with Crippen molar-refractivity contribution in [2.45, 2.75) is 26.7 Å². The van der Waals surface area contributed by atoms with Crippen molar-refractivity contribution in [2.24, 2.45) is 0 Å². The van der Waals surface area contributed by atoms with Gasteiger partial charge in [-0.1, -0.05) is 81.1 Å². The summed E-state index contributed by atoms with van der Waals surface area (Å²) >= 11 is 0. The van der Waals surface area contributed by atoms with Crippen LogP contribution in [0.1, 0.15) is 42.5 Å². The minimum absolute atomic E-state index is 1.02. The summed E-state index contributed by atoms with van der Waals surface area (Å²) in [6.45, 7) is 8.40. The minimum Gasteiger partial charge on any atom is -0.0984 e.